The number of nitrogens with zero attached hydrogens (tertiary/aromatic N) is 1. The first-order valence-electron chi connectivity index (χ1n) is 6.45. The van der Waals surface area contributed by atoms with E-state index < -0.39 is 0 Å². The predicted octanol–water partition coefficient (Wildman–Crippen LogP) is -0.174. The molecular formula is C15H21NO4. The molecule has 0 bridgehead atoms. The van der Waals surface area contributed by atoms with Crippen LogP contribution >= 0.6 is 0 Å². The number of hydrogen-bond donors (Lipinski definition) is 3. The van der Waals surface area contributed by atoms with Crippen LogP contribution in [0.25, 0.3) is 0 Å². The maximum Gasteiger partial charge on any atom is 0.134 e. The first-order chi connectivity index (χ1) is 9.74. The molecule has 0 heterocycles. The molecule has 110 valence electrons. The molecule has 1 rings (SSSR count). The van der Waals surface area contributed by atoms with Crippen molar-refractivity contribution < 1.29 is 20.1 Å². The summed E-state index contributed by atoms with van der Waals surface area (Å²) in [7, 11) is 1.57. The zero-order valence-corrected chi connectivity index (χ0v) is 11.7. The van der Waals surface area contributed by atoms with Crippen molar-refractivity contribution in [2.24, 2.45) is 0 Å². The van der Waals surface area contributed by atoms with E-state index in [0.717, 1.165) is 5.56 Å². The summed E-state index contributed by atoms with van der Waals surface area (Å²) in [6.07, 6.45) is 0. The van der Waals surface area contributed by atoms with Gasteiger partial charge in [0, 0.05) is 19.6 Å². The lowest BCUT2D eigenvalue weighted by atomic mass is 10.1. The summed E-state index contributed by atoms with van der Waals surface area (Å²) >= 11 is 0. The van der Waals surface area contributed by atoms with Crippen molar-refractivity contribution in [2.45, 2.75) is 6.54 Å². The van der Waals surface area contributed by atoms with E-state index in [2.05, 4.69) is 11.8 Å². The SMILES string of the molecule is COc1ccc(CN(CCO)CCO)cc1C#CCO. The smallest absolute Gasteiger partial charge is 0.134 e. The summed E-state index contributed by atoms with van der Waals surface area (Å²) < 4.78 is 5.22. The normalized spacial score (nSPS) is 10.2. The molecule has 0 amide bonds. The van der Waals surface area contributed by atoms with E-state index >= 15 is 0 Å². The van der Waals surface area contributed by atoms with Crippen LogP contribution in [0, 0.1) is 11.8 Å². The third-order valence-corrected chi connectivity index (χ3v) is 2.80. The molecule has 0 saturated carbocycles. The van der Waals surface area contributed by atoms with Gasteiger partial charge in [0.25, 0.3) is 0 Å². The Morgan fingerprint density at radius 2 is 1.85 bits per heavy atom. The first kappa shape index (κ1) is 16.5. The van der Waals surface area contributed by atoms with E-state index in [1.54, 1.807) is 7.11 Å². The van der Waals surface area contributed by atoms with E-state index in [-0.39, 0.29) is 19.8 Å². The summed E-state index contributed by atoms with van der Waals surface area (Å²) in [5.74, 6) is 6.11. The minimum absolute atomic E-state index is 0.0489. The summed E-state index contributed by atoms with van der Waals surface area (Å²) in [6.45, 7) is 1.52. The van der Waals surface area contributed by atoms with E-state index in [4.69, 9.17) is 20.1 Å². The van der Waals surface area contributed by atoms with Crippen molar-refractivity contribution >= 4 is 0 Å². The van der Waals surface area contributed by atoms with Crippen molar-refractivity contribution in [2.75, 3.05) is 40.0 Å². The Labute approximate surface area is 119 Å². The highest BCUT2D eigenvalue weighted by molar-refractivity contribution is 5.48. The van der Waals surface area contributed by atoms with Gasteiger partial charge >= 0.3 is 0 Å². The molecule has 0 aromatic heterocycles. The summed E-state index contributed by atoms with van der Waals surface area (Å²) in [4.78, 5) is 1.95. The van der Waals surface area contributed by atoms with Crippen molar-refractivity contribution in [3.63, 3.8) is 0 Å². The molecule has 20 heavy (non-hydrogen) atoms. The zero-order chi connectivity index (χ0) is 14.8. The minimum atomic E-state index is -0.200. The van der Waals surface area contributed by atoms with Gasteiger partial charge in [-0.3, -0.25) is 4.90 Å². The van der Waals surface area contributed by atoms with Crippen molar-refractivity contribution in [3.05, 3.63) is 29.3 Å². The third kappa shape index (κ3) is 5.19. The molecule has 5 nitrogen and oxygen atoms in total. The maximum absolute atomic E-state index is 9.00. The molecule has 3 N–H and O–H groups in total. The molecule has 0 radical (unpaired) electrons. The summed E-state index contributed by atoms with van der Waals surface area (Å²) in [5, 5.41) is 26.8. The Kier molecular flexibility index (Phi) is 7.70. The summed E-state index contributed by atoms with van der Waals surface area (Å²) in [5.41, 5.74) is 1.72. The van der Waals surface area contributed by atoms with Gasteiger partial charge in [-0.15, -0.1) is 0 Å². The van der Waals surface area contributed by atoms with Crippen molar-refractivity contribution in [1.29, 1.82) is 0 Å². The van der Waals surface area contributed by atoms with Crippen molar-refractivity contribution in [3.8, 4) is 17.6 Å². The van der Waals surface area contributed by atoms with Gasteiger partial charge in [-0.2, -0.15) is 0 Å². The van der Waals surface area contributed by atoms with Gasteiger partial charge in [-0.25, -0.2) is 0 Å². The molecule has 0 aliphatic heterocycles. The third-order valence-electron chi connectivity index (χ3n) is 2.80. The molecule has 0 fully saturated rings. The van der Waals surface area contributed by atoms with Crippen LogP contribution in [-0.2, 0) is 6.54 Å². The summed E-state index contributed by atoms with van der Waals surface area (Å²) in [6, 6.07) is 5.64. The fourth-order valence-corrected chi connectivity index (χ4v) is 1.90. The van der Waals surface area contributed by atoms with E-state index in [0.29, 0.717) is 30.9 Å². The lowest BCUT2D eigenvalue weighted by Crippen LogP contribution is -2.29. The average Bonchev–Trinajstić information content (AvgIpc) is 2.46. The molecule has 0 aliphatic rings. The second-order valence-corrected chi connectivity index (χ2v) is 4.22. The molecule has 0 atom stereocenters. The highest BCUT2D eigenvalue weighted by atomic mass is 16.5. The van der Waals surface area contributed by atoms with Crippen molar-refractivity contribution in [1.82, 2.24) is 4.90 Å². The van der Waals surface area contributed by atoms with Crippen LogP contribution in [-0.4, -0.2) is 60.2 Å². The van der Waals surface area contributed by atoms with E-state index in [1.807, 2.05) is 23.1 Å². The van der Waals surface area contributed by atoms with Crippen LogP contribution in [0.3, 0.4) is 0 Å². The van der Waals surface area contributed by atoms with Gasteiger partial charge in [0.05, 0.1) is 25.9 Å². The lowest BCUT2D eigenvalue weighted by molar-refractivity contribution is 0.156. The Balaban J connectivity index is 2.89. The quantitative estimate of drug-likeness (QED) is 0.604. The molecule has 0 aliphatic carbocycles. The zero-order valence-electron chi connectivity index (χ0n) is 11.7. The molecule has 1 aromatic carbocycles. The van der Waals surface area contributed by atoms with Crippen LogP contribution < -0.4 is 4.74 Å². The highest BCUT2D eigenvalue weighted by Gasteiger charge is 2.07. The van der Waals surface area contributed by atoms with Crippen LogP contribution in [0.5, 0.6) is 5.75 Å². The fraction of sp³-hybridized carbons (Fsp3) is 0.467. The van der Waals surface area contributed by atoms with E-state index in [9.17, 15) is 0 Å². The Morgan fingerprint density at radius 3 is 2.40 bits per heavy atom. The lowest BCUT2D eigenvalue weighted by Gasteiger charge is -2.20. The minimum Gasteiger partial charge on any atom is -0.495 e. The molecule has 5 heteroatoms. The number of methoxy groups -OCH3 is 1. The van der Waals surface area contributed by atoms with Gasteiger partial charge in [-0.05, 0) is 17.7 Å². The fourth-order valence-electron chi connectivity index (χ4n) is 1.90. The maximum atomic E-state index is 9.00. The number of rotatable bonds is 7. The molecular weight excluding hydrogens is 258 g/mol. The van der Waals surface area contributed by atoms with Gasteiger partial charge in [0.2, 0.25) is 0 Å². The van der Waals surface area contributed by atoms with Gasteiger partial charge < -0.3 is 20.1 Å². The first-order valence-corrected chi connectivity index (χ1v) is 6.45. The topological polar surface area (TPSA) is 73.2 Å². The van der Waals surface area contributed by atoms with E-state index in [1.165, 1.54) is 0 Å². The number of aliphatic hydroxyl groups excluding tert-OH is 3. The van der Waals surface area contributed by atoms with Crippen LogP contribution in [0.1, 0.15) is 11.1 Å². The second kappa shape index (κ2) is 9.34. The Bertz CT molecular complexity index is 459. The molecule has 1 aromatic rings. The Morgan fingerprint density at radius 1 is 1.15 bits per heavy atom. The molecule has 0 spiro atoms. The van der Waals surface area contributed by atoms with Gasteiger partial charge in [0.1, 0.15) is 12.4 Å². The number of benzene rings is 1. The second-order valence-electron chi connectivity index (χ2n) is 4.22. The van der Waals surface area contributed by atoms with Gasteiger partial charge in [-0.1, -0.05) is 17.9 Å². The monoisotopic (exact) mass is 279 g/mol. The highest BCUT2D eigenvalue weighted by Crippen LogP contribution is 2.19. The predicted molar refractivity (Wildman–Crippen MR) is 76.4 cm³/mol. The standard InChI is InChI=1S/C15H21NO4/c1-20-15-5-4-13(11-14(15)3-2-8-17)12-16(6-9-18)7-10-19/h4-5,11,17-19H,6-10,12H2,1H3. The van der Waals surface area contributed by atoms with Gasteiger partial charge in [0.15, 0.2) is 0 Å². The van der Waals surface area contributed by atoms with Crippen LogP contribution in [0.2, 0.25) is 0 Å². The number of ether oxygens (including phenoxy) is 1. The molecule has 0 unspecified atom stereocenters. The van der Waals surface area contributed by atoms with Crippen LogP contribution in [0.4, 0.5) is 0 Å². The molecule has 0 saturated heterocycles. The number of aliphatic hydroxyl groups is 3. The number of hydrogen-bond acceptors (Lipinski definition) is 5. The average molecular weight is 279 g/mol. The Hall–Kier alpha value is -1.58. The van der Waals surface area contributed by atoms with Crippen LogP contribution in [0.15, 0.2) is 18.2 Å². The largest absolute Gasteiger partial charge is 0.495 e.